The van der Waals surface area contributed by atoms with Crippen molar-refractivity contribution in [2.75, 3.05) is 19.0 Å². The van der Waals surface area contributed by atoms with Crippen LogP contribution in [0.4, 0.5) is 5.69 Å². The Morgan fingerprint density at radius 1 is 1.24 bits per heavy atom. The highest BCUT2D eigenvalue weighted by molar-refractivity contribution is 6.33. The first kappa shape index (κ1) is 14.2. The lowest BCUT2D eigenvalue weighted by Crippen LogP contribution is -2.15. The molecule has 1 atom stereocenters. The first-order chi connectivity index (χ1) is 10.3. The Morgan fingerprint density at radius 2 is 2.10 bits per heavy atom. The molecule has 0 aliphatic carbocycles. The zero-order valence-electron chi connectivity index (χ0n) is 12.0. The van der Waals surface area contributed by atoms with E-state index in [0.29, 0.717) is 5.02 Å². The predicted octanol–water partition coefficient (Wildman–Crippen LogP) is 4.00. The molecule has 21 heavy (non-hydrogen) atoms. The lowest BCUT2D eigenvalue weighted by molar-refractivity contribution is 0.415. The van der Waals surface area contributed by atoms with Gasteiger partial charge in [-0.25, -0.2) is 0 Å². The van der Waals surface area contributed by atoms with E-state index >= 15 is 0 Å². The first-order valence-electron chi connectivity index (χ1n) is 7.16. The maximum Gasteiger partial charge on any atom is 0.121 e. The van der Waals surface area contributed by atoms with Gasteiger partial charge in [-0.2, -0.15) is 0 Å². The van der Waals surface area contributed by atoms with Crippen LogP contribution in [0.1, 0.15) is 23.6 Å². The Kier molecular flexibility index (Phi) is 4.32. The molecule has 3 nitrogen and oxygen atoms in total. The third-order valence-corrected chi connectivity index (χ3v) is 4.19. The van der Waals surface area contributed by atoms with Crippen LogP contribution in [0.15, 0.2) is 42.5 Å². The number of nitrogens with one attached hydrogen (secondary N) is 2. The summed E-state index contributed by atoms with van der Waals surface area (Å²) in [5, 5.41) is 7.74. The number of methoxy groups -OCH3 is 1. The molecule has 2 aromatic rings. The van der Waals surface area contributed by atoms with Crippen LogP contribution in [0.25, 0.3) is 0 Å². The van der Waals surface area contributed by atoms with Gasteiger partial charge in [0.15, 0.2) is 0 Å². The van der Waals surface area contributed by atoms with Crippen LogP contribution in [-0.2, 0) is 6.54 Å². The number of benzene rings is 2. The SMILES string of the molecule is COc1ccc(Cl)c(NC2CCNCc3ccccc32)c1. The molecule has 0 spiro atoms. The Labute approximate surface area is 130 Å². The smallest absolute Gasteiger partial charge is 0.121 e. The Hall–Kier alpha value is -1.71. The van der Waals surface area contributed by atoms with E-state index < -0.39 is 0 Å². The highest BCUT2D eigenvalue weighted by atomic mass is 35.5. The molecule has 0 fully saturated rings. The normalized spacial score (nSPS) is 17.7. The molecule has 2 aromatic carbocycles. The zero-order valence-corrected chi connectivity index (χ0v) is 12.8. The summed E-state index contributed by atoms with van der Waals surface area (Å²) in [4.78, 5) is 0. The van der Waals surface area contributed by atoms with Crippen LogP contribution >= 0.6 is 11.6 Å². The fourth-order valence-electron chi connectivity index (χ4n) is 2.74. The highest BCUT2D eigenvalue weighted by Gasteiger charge is 2.18. The first-order valence-corrected chi connectivity index (χ1v) is 7.54. The number of ether oxygens (including phenoxy) is 1. The largest absolute Gasteiger partial charge is 0.497 e. The van der Waals surface area contributed by atoms with Crippen LogP contribution in [0, 0.1) is 0 Å². The van der Waals surface area contributed by atoms with Crippen molar-refractivity contribution in [2.24, 2.45) is 0 Å². The molecule has 0 amide bonds. The Balaban J connectivity index is 1.91. The highest BCUT2D eigenvalue weighted by Crippen LogP contribution is 2.32. The molecular weight excluding hydrogens is 284 g/mol. The average molecular weight is 303 g/mol. The van der Waals surface area contributed by atoms with Gasteiger partial charge in [-0.05, 0) is 36.2 Å². The summed E-state index contributed by atoms with van der Waals surface area (Å²) in [6, 6.07) is 14.5. The van der Waals surface area contributed by atoms with E-state index in [-0.39, 0.29) is 6.04 Å². The second kappa shape index (κ2) is 6.37. The molecule has 0 radical (unpaired) electrons. The molecule has 2 N–H and O–H groups in total. The van der Waals surface area contributed by atoms with Gasteiger partial charge in [0.2, 0.25) is 0 Å². The summed E-state index contributed by atoms with van der Waals surface area (Å²) in [6.45, 7) is 1.90. The van der Waals surface area contributed by atoms with Gasteiger partial charge >= 0.3 is 0 Å². The fourth-order valence-corrected chi connectivity index (χ4v) is 2.91. The van der Waals surface area contributed by atoms with Crippen LogP contribution in [-0.4, -0.2) is 13.7 Å². The van der Waals surface area contributed by atoms with Crippen molar-refractivity contribution in [3.8, 4) is 5.75 Å². The molecule has 4 heteroatoms. The van der Waals surface area contributed by atoms with Crippen molar-refractivity contribution in [3.63, 3.8) is 0 Å². The molecule has 1 heterocycles. The maximum atomic E-state index is 6.31. The summed E-state index contributed by atoms with van der Waals surface area (Å²) >= 11 is 6.31. The summed E-state index contributed by atoms with van der Waals surface area (Å²) in [7, 11) is 1.66. The van der Waals surface area contributed by atoms with Crippen molar-refractivity contribution < 1.29 is 4.74 Å². The molecule has 0 aromatic heterocycles. The average Bonchev–Trinajstić information content (AvgIpc) is 2.72. The van der Waals surface area contributed by atoms with Crippen molar-refractivity contribution in [2.45, 2.75) is 19.0 Å². The number of halogens is 1. The number of rotatable bonds is 3. The molecule has 1 aliphatic rings. The van der Waals surface area contributed by atoms with Gasteiger partial charge in [-0.15, -0.1) is 0 Å². The van der Waals surface area contributed by atoms with E-state index in [1.165, 1.54) is 11.1 Å². The predicted molar refractivity (Wildman–Crippen MR) is 87.1 cm³/mol. The Bertz CT molecular complexity index is 630. The van der Waals surface area contributed by atoms with E-state index in [1.807, 2.05) is 18.2 Å². The van der Waals surface area contributed by atoms with E-state index in [2.05, 4.69) is 34.9 Å². The molecule has 3 rings (SSSR count). The summed E-state index contributed by atoms with van der Waals surface area (Å²) in [6.07, 6.45) is 1.02. The molecular formula is C17H19ClN2O. The van der Waals surface area contributed by atoms with Crippen LogP contribution < -0.4 is 15.4 Å². The molecule has 1 unspecified atom stereocenters. The van der Waals surface area contributed by atoms with Gasteiger partial charge in [-0.3, -0.25) is 0 Å². The van der Waals surface area contributed by atoms with Gasteiger partial charge in [0.05, 0.1) is 23.9 Å². The fraction of sp³-hybridized carbons (Fsp3) is 0.294. The minimum Gasteiger partial charge on any atom is -0.497 e. The van der Waals surface area contributed by atoms with Gasteiger partial charge in [0, 0.05) is 12.6 Å². The summed E-state index contributed by atoms with van der Waals surface area (Å²) < 4.78 is 5.28. The zero-order chi connectivity index (χ0) is 14.7. The van der Waals surface area contributed by atoms with Gasteiger partial charge in [-0.1, -0.05) is 35.9 Å². The quantitative estimate of drug-likeness (QED) is 0.899. The van der Waals surface area contributed by atoms with Gasteiger partial charge in [0.1, 0.15) is 5.75 Å². The van der Waals surface area contributed by atoms with Crippen molar-refractivity contribution >= 4 is 17.3 Å². The molecule has 110 valence electrons. The van der Waals surface area contributed by atoms with E-state index in [0.717, 1.165) is 30.9 Å². The van der Waals surface area contributed by atoms with Crippen LogP contribution in [0.5, 0.6) is 5.75 Å². The maximum absolute atomic E-state index is 6.31. The van der Waals surface area contributed by atoms with E-state index in [1.54, 1.807) is 7.11 Å². The lowest BCUT2D eigenvalue weighted by Gasteiger charge is -2.21. The van der Waals surface area contributed by atoms with Gasteiger partial charge in [0.25, 0.3) is 0 Å². The molecule has 1 aliphatic heterocycles. The summed E-state index contributed by atoms with van der Waals surface area (Å²) in [5.41, 5.74) is 3.59. The van der Waals surface area contributed by atoms with E-state index in [9.17, 15) is 0 Å². The second-order valence-electron chi connectivity index (χ2n) is 5.21. The third kappa shape index (κ3) is 3.14. The summed E-state index contributed by atoms with van der Waals surface area (Å²) in [5.74, 6) is 0.807. The number of anilines is 1. The van der Waals surface area contributed by atoms with Gasteiger partial charge < -0.3 is 15.4 Å². The molecule has 0 saturated carbocycles. The van der Waals surface area contributed by atoms with Crippen LogP contribution in [0.3, 0.4) is 0 Å². The number of hydrogen-bond donors (Lipinski definition) is 2. The standard InChI is InChI=1S/C17H19ClN2O/c1-21-13-6-7-15(18)17(10-13)20-16-8-9-19-11-12-4-2-3-5-14(12)16/h2-7,10,16,19-20H,8-9,11H2,1H3. The number of hydrogen-bond acceptors (Lipinski definition) is 3. The Morgan fingerprint density at radius 3 is 2.95 bits per heavy atom. The third-order valence-electron chi connectivity index (χ3n) is 3.86. The second-order valence-corrected chi connectivity index (χ2v) is 5.61. The van der Waals surface area contributed by atoms with E-state index in [4.69, 9.17) is 16.3 Å². The van der Waals surface area contributed by atoms with Crippen molar-refractivity contribution in [1.82, 2.24) is 5.32 Å². The topological polar surface area (TPSA) is 33.3 Å². The van der Waals surface area contributed by atoms with Crippen LogP contribution in [0.2, 0.25) is 5.02 Å². The van der Waals surface area contributed by atoms with Crippen molar-refractivity contribution in [1.29, 1.82) is 0 Å². The minimum atomic E-state index is 0.251. The molecule has 0 saturated heterocycles. The van der Waals surface area contributed by atoms with Crippen molar-refractivity contribution in [3.05, 3.63) is 58.6 Å². The molecule has 0 bridgehead atoms. The number of fused-ring (bicyclic) bond motifs is 1. The monoisotopic (exact) mass is 302 g/mol. The minimum absolute atomic E-state index is 0.251. The lowest BCUT2D eigenvalue weighted by atomic mass is 9.99.